The van der Waals surface area contributed by atoms with Crippen LogP contribution in [0, 0.1) is 17.0 Å². The van der Waals surface area contributed by atoms with Crippen molar-refractivity contribution in [2.24, 2.45) is 5.73 Å². The standard InChI is InChI=1S/C16H23N3O4.ClH/c1-12-3-4-13(11-15(12)19(21)22)16(20)18-8-5-14(6-9-18)23-10-2-7-17;/h3-4,11,14H,2,5-10,17H2,1H3;1H. The van der Waals surface area contributed by atoms with E-state index in [-0.39, 0.29) is 30.1 Å². The number of nitro groups is 1. The second-order valence-corrected chi connectivity index (χ2v) is 5.76. The molecule has 7 nitrogen and oxygen atoms in total. The Balaban J connectivity index is 0.00000288. The summed E-state index contributed by atoms with van der Waals surface area (Å²) in [6.07, 6.45) is 2.57. The number of amides is 1. The highest BCUT2D eigenvalue weighted by atomic mass is 35.5. The number of halogens is 1. The SMILES string of the molecule is Cc1ccc(C(=O)N2CCC(OCCCN)CC2)cc1[N+](=O)[O-].Cl. The Morgan fingerprint density at radius 3 is 2.67 bits per heavy atom. The molecule has 1 aliphatic heterocycles. The number of ether oxygens (including phenoxy) is 1. The summed E-state index contributed by atoms with van der Waals surface area (Å²) in [5.41, 5.74) is 6.34. The van der Waals surface area contributed by atoms with Crippen LogP contribution < -0.4 is 5.73 Å². The van der Waals surface area contributed by atoms with Crippen LogP contribution in [0.1, 0.15) is 35.2 Å². The van der Waals surface area contributed by atoms with E-state index in [0.29, 0.717) is 37.4 Å². The molecule has 0 atom stereocenters. The highest BCUT2D eigenvalue weighted by Crippen LogP contribution is 2.22. The summed E-state index contributed by atoms with van der Waals surface area (Å²) >= 11 is 0. The molecule has 8 heteroatoms. The van der Waals surface area contributed by atoms with E-state index in [9.17, 15) is 14.9 Å². The minimum Gasteiger partial charge on any atom is -0.378 e. The summed E-state index contributed by atoms with van der Waals surface area (Å²) in [6.45, 7) is 4.14. The second kappa shape index (κ2) is 9.56. The summed E-state index contributed by atoms with van der Waals surface area (Å²) in [5, 5.41) is 11.0. The van der Waals surface area contributed by atoms with Crippen molar-refractivity contribution in [3.05, 3.63) is 39.4 Å². The lowest BCUT2D eigenvalue weighted by Crippen LogP contribution is -2.41. The van der Waals surface area contributed by atoms with Gasteiger partial charge in [-0.3, -0.25) is 14.9 Å². The number of carbonyl (C=O) groups is 1. The Bertz CT molecular complexity index is 574. The molecule has 1 saturated heterocycles. The van der Waals surface area contributed by atoms with Gasteiger partial charge in [-0.25, -0.2) is 0 Å². The first-order valence-electron chi connectivity index (χ1n) is 7.89. The number of hydrogen-bond acceptors (Lipinski definition) is 5. The van der Waals surface area contributed by atoms with E-state index in [4.69, 9.17) is 10.5 Å². The van der Waals surface area contributed by atoms with Crippen molar-refractivity contribution in [2.75, 3.05) is 26.2 Å². The van der Waals surface area contributed by atoms with Crippen molar-refractivity contribution >= 4 is 24.0 Å². The maximum Gasteiger partial charge on any atom is 0.273 e. The molecule has 1 aliphatic rings. The van der Waals surface area contributed by atoms with Gasteiger partial charge in [-0.05, 0) is 38.8 Å². The lowest BCUT2D eigenvalue weighted by atomic mass is 10.0. The monoisotopic (exact) mass is 357 g/mol. The van der Waals surface area contributed by atoms with Gasteiger partial charge in [0, 0.05) is 36.9 Å². The van der Waals surface area contributed by atoms with E-state index in [1.165, 1.54) is 6.07 Å². The molecule has 0 spiro atoms. The second-order valence-electron chi connectivity index (χ2n) is 5.76. The van der Waals surface area contributed by atoms with Crippen LogP contribution in [0.15, 0.2) is 18.2 Å². The van der Waals surface area contributed by atoms with Crippen LogP contribution >= 0.6 is 12.4 Å². The first kappa shape index (κ1) is 20.3. The highest BCUT2D eigenvalue weighted by molar-refractivity contribution is 5.95. The van der Waals surface area contributed by atoms with Gasteiger partial charge in [0.2, 0.25) is 0 Å². The van der Waals surface area contributed by atoms with Crippen LogP contribution in [0.3, 0.4) is 0 Å². The number of carbonyl (C=O) groups excluding carboxylic acids is 1. The third-order valence-electron chi connectivity index (χ3n) is 4.08. The number of hydrogen-bond donors (Lipinski definition) is 1. The molecule has 1 aromatic rings. The third kappa shape index (κ3) is 5.15. The molecule has 2 rings (SSSR count). The first-order chi connectivity index (χ1) is 11.0. The smallest absolute Gasteiger partial charge is 0.273 e. The number of aryl methyl sites for hydroxylation is 1. The summed E-state index contributed by atoms with van der Waals surface area (Å²) in [5.74, 6) is -0.159. The normalized spacial score (nSPS) is 15.0. The molecule has 2 N–H and O–H groups in total. The van der Waals surface area contributed by atoms with Crippen LogP contribution in [-0.2, 0) is 4.74 Å². The number of likely N-dealkylation sites (tertiary alicyclic amines) is 1. The van der Waals surface area contributed by atoms with Crippen LogP contribution in [0.5, 0.6) is 0 Å². The number of rotatable bonds is 6. The summed E-state index contributed by atoms with van der Waals surface area (Å²) in [6, 6.07) is 4.63. The molecule has 0 radical (unpaired) electrons. The molecule has 1 heterocycles. The van der Waals surface area contributed by atoms with E-state index >= 15 is 0 Å². The highest BCUT2D eigenvalue weighted by Gasteiger charge is 2.25. The molecule has 1 amide bonds. The van der Waals surface area contributed by atoms with E-state index < -0.39 is 4.92 Å². The van der Waals surface area contributed by atoms with Gasteiger partial charge in [0.15, 0.2) is 0 Å². The van der Waals surface area contributed by atoms with Gasteiger partial charge < -0.3 is 15.4 Å². The Labute approximate surface area is 147 Å². The van der Waals surface area contributed by atoms with Crippen LogP contribution in [0.4, 0.5) is 5.69 Å². The first-order valence-corrected chi connectivity index (χ1v) is 7.89. The minimum absolute atomic E-state index is 0. The summed E-state index contributed by atoms with van der Waals surface area (Å²) in [4.78, 5) is 24.8. The van der Waals surface area contributed by atoms with E-state index in [0.717, 1.165) is 19.3 Å². The average Bonchev–Trinajstić information content (AvgIpc) is 2.55. The van der Waals surface area contributed by atoms with Gasteiger partial charge in [-0.2, -0.15) is 0 Å². The molecular weight excluding hydrogens is 334 g/mol. The topological polar surface area (TPSA) is 98.7 Å². The third-order valence-corrected chi connectivity index (χ3v) is 4.08. The summed E-state index contributed by atoms with van der Waals surface area (Å²) < 4.78 is 5.72. The lowest BCUT2D eigenvalue weighted by molar-refractivity contribution is -0.385. The van der Waals surface area contributed by atoms with Gasteiger partial charge in [0.1, 0.15) is 0 Å². The van der Waals surface area contributed by atoms with Crippen LogP contribution in [-0.4, -0.2) is 48.1 Å². The molecule has 24 heavy (non-hydrogen) atoms. The maximum absolute atomic E-state index is 12.5. The van der Waals surface area contributed by atoms with E-state index in [1.54, 1.807) is 24.0 Å². The minimum atomic E-state index is -0.455. The largest absolute Gasteiger partial charge is 0.378 e. The van der Waals surface area contributed by atoms with Gasteiger partial charge >= 0.3 is 0 Å². The van der Waals surface area contributed by atoms with Gasteiger partial charge in [0.25, 0.3) is 11.6 Å². The lowest BCUT2D eigenvalue weighted by Gasteiger charge is -2.32. The fraction of sp³-hybridized carbons (Fsp3) is 0.562. The average molecular weight is 358 g/mol. The van der Waals surface area contributed by atoms with Gasteiger partial charge in [0.05, 0.1) is 11.0 Å². The number of nitrogens with two attached hydrogens (primary N) is 1. The number of nitrogens with zero attached hydrogens (tertiary/aromatic N) is 2. The maximum atomic E-state index is 12.5. The quantitative estimate of drug-likeness (QED) is 0.478. The van der Waals surface area contributed by atoms with E-state index in [1.807, 2.05) is 0 Å². The Hall–Kier alpha value is -1.70. The van der Waals surface area contributed by atoms with Gasteiger partial charge in [-0.15, -0.1) is 12.4 Å². The van der Waals surface area contributed by atoms with Crippen LogP contribution in [0.2, 0.25) is 0 Å². The van der Waals surface area contributed by atoms with Crippen molar-refractivity contribution in [1.29, 1.82) is 0 Å². The predicted octanol–water partition coefficient (Wildman–Crippen LogP) is 2.30. The molecule has 0 saturated carbocycles. The molecule has 0 unspecified atom stereocenters. The fourth-order valence-corrected chi connectivity index (χ4v) is 2.68. The number of piperidine rings is 1. The molecule has 0 aromatic heterocycles. The zero-order valence-corrected chi connectivity index (χ0v) is 14.6. The van der Waals surface area contributed by atoms with Crippen molar-refractivity contribution in [3.8, 4) is 0 Å². The van der Waals surface area contributed by atoms with Gasteiger partial charge in [-0.1, -0.05) is 6.07 Å². The molecule has 1 fully saturated rings. The molecular formula is C16H24ClN3O4. The van der Waals surface area contributed by atoms with Crippen molar-refractivity contribution in [2.45, 2.75) is 32.3 Å². The van der Waals surface area contributed by atoms with Crippen molar-refractivity contribution in [1.82, 2.24) is 4.90 Å². The summed E-state index contributed by atoms with van der Waals surface area (Å²) in [7, 11) is 0. The predicted molar refractivity (Wildman–Crippen MR) is 93.6 cm³/mol. The van der Waals surface area contributed by atoms with Crippen molar-refractivity contribution < 1.29 is 14.5 Å². The van der Waals surface area contributed by atoms with Crippen LogP contribution in [0.25, 0.3) is 0 Å². The molecule has 134 valence electrons. The zero-order chi connectivity index (χ0) is 16.8. The zero-order valence-electron chi connectivity index (χ0n) is 13.8. The van der Waals surface area contributed by atoms with E-state index in [2.05, 4.69) is 0 Å². The Morgan fingerprint density at radius 2 is 2.08 bits per heavy atom. The molecule has 0 aliphatic carbocycles. The molecule has 0 bridgehead atoms. The Kier molecular flexibility index (Phi) is 8.10. The van der Waals surface area contributed by atoms with Crippen molar-refractivity contribution in [3.63, 3.8) is 0 Å². The number of nitro benzene ring substituents is 1. The molecule has 1 aromatic carbocycles. The fourth-order valence-electron chi connectivity index (χ4n) is 2.68. The number of benzene rings is 1. The Morgan fingerprint density at radius 1 is 1.42 bits per heavy atom.